The summed E-state index contributed by atoms with van der Waals surface area (Å²) in [4.78, 5) is 6.74. The van der Waals surface area contributed by atoms with E-state index in [4.69, 9.17) is 9.26 Å². The second kappa shape index (κ2) is 7.17. The number of benzene rings is 2. The zero-order chi connectivity index (χ0) is 17.1. The molecule has 1 aliphatic rings. The lowest BCUT2D eigenvalue weighted by Crippen LogP contribution is -2.39. The average molecular weight is 335 g/mol. The average Bonchev–Trinajstić information content (AvgIpc) is 3.09. The van der Waals surface area contributed by atoms with E-state index in [-0.39, 0.29) is 6.04 Å². The molecule has 0 radical (unpaired) electrons. The van der Waals surface area contributed by atoms with Gasteiger partial charge >= 0.3 is 0 Å². The molecule has 5 heteroatoms. The molecule has 128 valence electrons. The van der Waals surface area contributed by atoms with Gasteiger partial charge in [-0.05, 0) is 29.7 Å². The zero-order valence-corrected chi connectivity index (χ0v) is 14.3. The van der Waals surface area contributed by atoms with Gasteiger partial charge in [-0.3, -0.25) is 4.90 Å². The first-order chi connectivity index (χ1) is 12.3. The first kappa shape index (κ1) is 16.0. The molecule has 0 bridgehead atoms. The van der Waals surface area contributed by atoms with Crippen LogP contribution in [0.25, 0.3) is 11.1 Å². The summed E-state index contributed by atoms with van der Waals surface area (Å²) in [6, 6.07) is 19.1. The molecule has 1 aromatic heterocycles. The maximum Gasteiger partial charge on any atom is 0.246 e. The summed E-state index contributed by atoms with van der Waals surface area (Å²) in [6.45, 7) is 4.82. The second-order valence-electron chi connectivity index (χ2n) is 6.31. The van der Waals surface area contributed by atoms with Crippen LogP contribution in [0.1, 0.15) is 23.3 Å². The fourth-order valence-electron chi connectivity index (χ4n) is 3.22. The highest BCUT2D eigenvalue weighted by atomic mass is 16.5. The molecule has 0 aliphatic carbocycles. The van der Waals surface area contributed by atoms with Crippen LogP contribution in [0.15, 0.2) is 59.1 Å². The third kappa shape index (κ3) is 3.62. The van der Waals surface area contributed by atoms with Crippen molar-refractivity contribution in [1.82, 2.24) is 15.0 Å². The number of aromatic nitrogens is 2. The quantitative estimate of drug-likeness (QED) is 0.729. The molecule has 1 fully saturated rings. The Hall–Kier alpha value is -2.50. The summed E-state index contributed by atoms with van der Waals surface area (Å²) in [5.41, 5.74) is 3.73. The van der Waals surface area contributed by atoms with Crippen LogP contribution in [-0.2, 0) is 11.3 Å². The third-order valence-corrected chi connectivity index (χ3v) is 4.49. The highest BCUT2D eigenvalue weighted by Gasteiger charge is 2.29. The molecule has 0 saturated carbocycles. The second-order valence-corrected chi connectivity index (χ2v) is 6.31. The van der Waals surface area contributed by atoms with E-state index in [0.717, 1.165) is 19.7 Å². The maximum absolute atomic E-state index is 5.64. The Bertz CT molecular complexity index is 832. The predicted molar refractivity (Wildman–Crippen MR) is 94.9 cm³/mol. The number of aryl methyl sites for hydroxylation is 1. The lowest BCUT2D eigenvalue weighted by Gasteiger charge is -2.33. The Labute approximate surface area is 147 Å². The van der Waals surface area contributed by atoms with Crippen LogP contribution in [0.2, 0.25) is 0 Å². The molecule has 4 rings (SSSR count). The topological polar surface area (TPSA) is 51.4 Å². The van der Waals surface area contributed by atoms with Gasteiger partial charge in [-0.15, -0.1) is 0 Å². The number of hydrogen-bond donors (Lipinski definition) is 0. The molecule has 2 heterocycles. The number of hydrogen-bond acceptors (Lipinski definition) is 5. The SMILES string of the molecule is Cc1noc([C@H]2COCCN2Cc2cccc(-c3ccccc3)c2)n1. The van der Waals surface area contributed by atoms with Crippen LogP contribution in [0.5, 0.6) is 0 Å². The standard InChI is InChI=1S/C20H21N3O2/c1-15-21-20(25-22-15)19-14-24-11-10-23(19)13-16-6-5-9-18(12-16)17-7-3-2-4-8-17/h2-9,12,19H,10-11,13-14H2,1H3/t19-/m1/s1. The largest absolute Gasteiger partial charge is 0.378 e. The van der Waals surface area contributed by atoms with Crippen LogP contribution >= 0.6 is 0 Å². The molecule has 1 atom stereocenters. The van der Waals surface area contributed by atoms with Crippen LogP contribution in [0.4, 0.5) is 0 Å². The molecule has 3 aromatic rings. The van der Waals surface area contributed by atoms with E-state index in [2.05, 4.69) is 63.6 Å². The number of rotatable bonds is 4. The van der Waals surface area contributed by atoms with Crippen molar-refractivity contribution < 1.29 is 9.26 Å². The van der Waals surface area contributed by atoms with Crippen molar-refractivity contribution in [3.63, 3.8) is 0 Å². The first-order valence-electron chi connectivity index (χ1n) is 8.56. The summed E-state index contributed by atoms with van der Waals surface area (Å²) >= 11 is 0. The summed E-state index contributed by atoms with van der Waals surface area (Å²) in [5, 5.41) is 3.92. The van der Waals surface area contributed by atoms with E-state index in [0.29, 0.717) is 18.3 Å². The van der Waals surface area contributed by atoms with Crippen LogP contribution < -0.4 is 0 Å². The molecule has 0 amide bonds. The van der Waals surface area contributed by atoms with Gasteiger partial charge in [0, 0.05) is 13.1 Å². The van der Waals surface area contributed by atoms with E-state index in [1.165, 1.54) is 16.7 Å². The molecule has 1 aliphatic heterocycles. The van der Waals surface area contributed by atoms with Gasteiger partial charge in [-0.2, -0.15) is 4.98 Å². The smallest absolute Gasteiger partial charge is 0.246 e. The van der Waals surface area contributed by atoms with Gasteiger partial charge in [0.15, 0.2) is 5.82 Å². The van der Waals surface area contributed by atoms with Gasteiger partial charge in [0.2, 0.25) is 5.89 Å². The number of ether oxygens (including phenoxy) is 1. The van der Waals surface area contributed by atoms with Gasteiger partial charge in [0.1, 0.15) is 6.04 Å². The minimum atomic E-state index is 0.00957. The molecule has 5 nitrogen and oxygen atoms in total. The minimum Gasteiger partial charge on any atom is -0.378 e. The van der Waals surface area contributed by atoms with Crippen molar-refractivity contribution in [1.29, 1.82) is 0 Å². The minimum absolute atomic E-state index is 0.00957. The Kier molecular flexibility index (Phi) is 4.59. The van der Waals surface area contributed by atoms with E-state index < -0.39 is 0 Å². The first-order valence-corrected chi connectivity index (χ1v) is 8.56. The van der Waals surface area contributed by atoms with Gasteiger partial charge in [0.05, 0.1) is 13.2 Å². The normalized spacial score (nSPS) is 18.4. The van der Waals surface area contributed by atoms with E-state index >= 15 is 0 Å². The van der Waals surface area contributed by atoms with Crippen LogP contribution in [0.3, 0.4) is 0 Å². The van der Waals surface area contributed by atoms with Gasteiger partial charge < -0.3 is 9.26 Å². The fraction of sp³-hybridized carbons (Fsp3) is 0.300. The summed E-state index contributed by atoms with van der Waals surface area (Å²) in [7, 11) is 0. The third-order valence-electron chi connectivity index (χ3n) is 4.49. The summed E-state index contributed by atoms with van der Waals surface area (Å²) in [6.07, 6.45) is 0. The fourth-order valence-corrected chi connectivity index (χ4v) is 3.22. The predicted octanol–water partition coefficient (Wildman–Crippen LogP) is 3.62. The van der Waals surface area contributed by atoms with Crippen molar-refractivity contribution in [3.8, 4) is 11.1 Å². The molecule has 1 saturated heterocycles. The monoisotopic (exact) mass is 335 g/mol. The molecule has 0 N–H and O–H groups in total. The van der Waals surface area contributed by atoms with Gasteiger partial charge in [-0.1, -0.05) is 53.7 Å². The van der Waals surface area contributed by atoms with Crippen molar-refractivity contribution >= 4 is 0 Å². The highest BCUT2D eigenvalue weighted by molar-refractivity contribution is 5.63. The summed E-state index contributed by atoms with van der Waals surface area (Å²) in [5.74, 6) is 1.29. The Morgan fingerprint density at radius 3 is 2.72 bits per heavy atom. The van der Waals surface area contributed by atoms with Crippen molar-refractivity contribution in [2.75, 3.05) is 19.8 Å². The molecule has 0 unspecified atom stereocenters. The van der Waals surface area contributed by atoms with E-state index in [1.54, 1.807) is 0 Å². The zero-order valence-electron chi connectivity index (χ0n) is 14.3. The highest BCUT2D eigenvalue weighted by Crippen LogP contribution is 2.26. The van der Waals surface area contributed by atoms with Crippen LogP contribution in [-0.4, -0.2) is 34.8 Å². The Balaban J connectivity index is 1.56. The van der Waals surface area contributed by atoms with E-state index in [1.807, 2.05) is 13.0 Å². The van der Waals surface area contributed by atoms with Crippen LogP contribution in [0, 0.1) is 6.92 Å². The van der Waals surface area contributed by atoms with E-state index in [9.17, 15) is 0 Å². The molecule has 0 spiro atoms. The van der Waals surface area contributed by atoms with Gasteiger partial charge in [-0.25, -0.2) is 0 Å². The van der Waals surface area contributed by atoms with Crippen molar-refractivity contribution in [2.45, 2.75) is 19.5 Å². The Morgan fingerprint density at radius 2 is 1.92 bits per heavy atom. The lowest BCUT2D eigenvalue weighted by molar-refractivity contribution is -0.0240. The lowest BCUT2D eigenvalue weighted by atomic mass is 10.0. The summed E-state index contributed by atoms with van der Waals surface area (Å²) < 4.78 is 11.0. The number of morpholine rings is 1. The maximum atomic E-state index is 5.64. The van der Waals surface area contributed by atoms with Crippen molar-refractivity contribution in [3.05, 3.63) is 71.9 Å². The molecule has 25 heavy (non-hydrogen) atoms. The molecular weight excluding hydrogens is 314 g/mol. The Morgan fingerprint density at radius 1 is 1.08 bits per heavy atom. The molecule has 2 aromatic carbocycles. The van der Waals surface area contributed by atoms with Crippen molar-refractivity contribution in [2.24, 2.45) is 0 Å². The molecular formula is C20H21N3O2. The number of nitrogens with zero attached hydrogens (tertiary/aromatic N) is 3. The van der Waals surface area contributed by atoms with Gasteiger partial charge in [0.25, 0.3) is 0 Å².